The summed E-state index contributed by atoms with van der Waals surface area (Å²) in [4.78, 5) is 16.5. The molecule has 0 N–H and O–H groups in total. The number of nitrogens with zero attached hydrogens (tertiary/aromatic N) is 4. The predicted octanol–water partition coefficient (Wildman–Crippen LogP) is 2.66. The molecule has 3 heterocycles. The summed E-state index contributed by atoms with van der Waals surface area (Å²) in [6.07, 6.45) is 3.12. The van der Waals surface area contributed by atoms with Gasteiger partial charge in [0.1, 0.15) is 5.60 Å². The highest BCUT2D eigenvalue weighted by molar-refractivity contribution is 5.70. The van der Waals surface area contributed by atoms with Gasteiger partial charge in [0.15, 0.2) is 0 Å². The number of carbonyl (C=O) groups is 1. The first-order valence-electron chi connectivity index (χ1n) is 9.71. The summed E-state index contributed by atoms with van der Waals surface area (Å²) in [7, 11) is 0. The van der Waals surface area contributed by atoms with Crippen molar-refractivity contribution in [3.05, 3.63) is 47.7 Å². The van der Waals surface area contributed by atoms with Crippen molar-refractivity contribution >= 4 is 6.09 Å². The largest absolute Gasteiger partial charge is 0.441 e. The molecular formula is C20H26N4O3. The molecule has 144 valence electrons. The van der Waals surface area contributed by atoms with E-state index in [9.17, 15) is 4.79 Å². The average Bonchev–Trinajstić information content (AvgIpc) is 3.27. The molecule has 1 aromatic heterocycles. The fourth-order valence-electron chi connectivity index (χ4n) is 3.84. The summed E-state index contributed by atoms with van der Waals surface area (Å²) in [6.45, 7) is 5.78. The molecule has 4 rings (SSSR count). The highest BCUT2D eigenvalue weighted by Gasteiger charge is 2.46. The van der Waals surface area contributed by atoms with Gasteiger partial charge in [-0.15, -0.1) is 10.2 Å². The van der Waals surface area contributed by atoms with Gasteiger partial charge >= 0.3 is 6.09 Å². The average molecular weight is 370 g/mol. The van der Waals surface area contributed by atoms with Gasteiger partial charge in [0, 0.05) is 38.9 Å². The lowest BCUT2D eigenvalue weighted by Crippen LogP contribution is -2.46. The maximum atomic E-state index is 12.3. The summed E-state index contributed by atoms with van der Waals surface area (Å²) >= 11 is 0. The molecule has 0 atom stereocenters. The van der Waals surface area contributed by atoms with Crippen molar-refractivity contribution in [1.82, 2.24) is 20.0 Å². The number of rotatable bonds is 6. The minimum atomic E-state index is -0.340. The first kappa shape index (κ1) is 18.0. The topological polar surface area (TPSA) is 71.7 Å². The van der Waals surface area contributed by atoms with Gasteiger partial charge in [-0.2, -0.15) is 0 Å². The van der Waals surface area contributed by atoms with E-state index in [4.69, 9.17) is 9.15 Å². The summed E-state index contributed by atoms with van der Waals surface area (Å²) in [6, 6.07) is 10.3. The molecule has 0 saturated carbocycles. The second-order valence-corrected chi connectivity index (χ2v) is 7.43. The summed E-state index contributed by atoms with van der Waals surface area (Å²) in [5.74, 6) is 1.34. The van der Waals surface area contributed by atoms with Gasteiger partial charge in [-0.3, -0.25) is 4.90 Å². The molecule has 7 heteroatoms. The number of carbonyl (C=O) groups excluding carboxylic acids is 1. The lowest BCUT2D eigenvalue weighted by molar-refractivity contribution is -0.00305. The fraction of sp³-hybridized carbons (Fsp3) is 0.550. The van der Waals surface area contributed by atoms with Crippen molar-refractivity contribution in [1.29, 1.82) is 0 Å². The Labute approximate surface area is 159 Å². The van der Waals surface area contributed by atoms with Crippen molar-refractivity contribution in [2.24, 2.45) is 0 Å². The van der Waals surface area contributed by atoms with Gasteiger partial charge in [-0.1, -0.05) is 37.3 Å². The number of piperidine rings is 1. The Morgan fingerprint density at radius 2 is 1.85 bits per heavy atom. The van der Waals surface area contributed by atoms with Crippen LogP contribution in [0, 0.1) is 0 Å². The molecule has 2 aliphatic heterocycles. The van der Waals surface area contributed by atoms with Crippen LogP contribution < -0.4 is 0 Å². The smallest absolute Gasteiger partial charge is 0.410 e. The lowest BCUT2D eigenvalue weighted by Gasteiger charge is -2.36. The van der Waals surface area contributed by atoms with Gasteiger partial charge in [-0.05, 0) is 12.0 Å². The molecule has 27 heavy (non-hydrogen) atoms. The molecule has 0 aliphatic carbocycles. The Morgan fingerprint density at radius 3 is 2.56 bits per heavy atom. The second kappa shape index (κ2) is 7.68. The molecule has 0 radical (unpaired) electrons. The zero-order chi connectivity index (χ0) is 18.7. The highest BCUT2D eigenvalue weighted by atomic mass is 16.6. The first-order chi connectivity index (χ1) is 13.2. The molecule has 1 spiro atoms. The number of aromatic nitrogens is 2. The normalized spacial score (nSPS) is 19.6. The van der Waals surface area contributed by atoms with Gasteiger partial charge < -0.3 is 14.1 Å². The van der Waals surface area contributed by atoms with Crippen molar-refractivity contribution in [3.63, 3.8) is 0 Å². The Bertz CT molecular complexity index is 769. The van der Waals surface area contributed by atoms with E-state index in [1.54, 1.807) is 0 Å². The number of benzene rings is 1. The van der Waals surface area contributed by atoms with E-state index in [1.807, 2.05) is 30.0 Å². The molecule has 0 unspecified atom stereocenters. The van der Waals surface area contributed by atoms with Crippen molar-refractivity contribution < 1.29 is 13.9 Å². The second-order valence-electron chi connectivity index (χ2n) is 7.43. The first-order valence-corrected chi connectivity index (χ1v) is 9.71. The fourth-order valence-corrected chi connectivity index (χ4v) is 3.84. The lowest BCUT2D eigenvalue weighted by atomic mass is 9.91. The Kier molecular flexibility index (Phi) is 5.11. The third-order valence-corrected chi connectivity index (χ3v) is 5.49. The summed E-state index contributed by atoms with van der Waals surface area (Å²) in [5, 5.41) is 8.11. The van der Waals surface area contributed by atoms with Crippen LogP contribution in [0.2, 0.25) is 0 Å². The van der Waals surface area contributed by atoms with E-state index in [2.05, 4.69) is 27.2 Å². The van der Waals surface area contributed by atoms with Crippen molar-refractivity contribution in [2.75, 3.05) is 26.2 Å². The van der Waals surface area contributed by atoms with Crippen LogP contribution in [0.4, 0.5) is 4.79 Å². The molecule has 2 fully saturated rings. The van der Waals surface area contributed by atoms with Crippen LogP contribution in [0.3, 0.4) is 0 Å². The van der Waals surface area contributed by atoms with Crippen LogP contribution in [-0.2, 0) is 24.1 Å². The molecule has 0 bridgehead atoms. The molecule has 2 aliphatic rings. The minimum Gasteiger partial charge on any atom is -0.441 e. The number of amides is 1. The van der Waals surface area contributed by atoms with Gasteiger partial charge in [0.25, 0.3) is 0 Å². The number of hydrogen-bond donors (Lipinski definition) is 0. The van der Waals surface area contributed by atoms with E-state index in [1.165, 1.54) is 5.56 Å². The van der Waals surface area contributed by atoms with Crippen molar-refractivity contribution in [2.45, 2.75) is 44.8 Å². The maximum absolute atomic E-state index is 12.3. The number of ether oxygens (including phenoxy) is 1. The molecule has 1 amide bonds. The Morgan fingerprint density at radius 1 is 1.11 bits per heavy atom. The molecule has 7 nitrogen and oxygen atoms in total. The minimum absolute atomic E-state index is 0.177. The van der Waals surface area contributed by atoms with Gasteiger partial charge in [0.05, 0.1) is 13.1 Å². The molecule has 2 saturated heterocycles. The maximum Gasteiger partial charge on any atom is 0.410 e. The predicted molar refractivity (Wildman–Crippen MR) is 99.1 cm³/mol. The standard InChI is InChI=1S/C20H26N4O3/c1-2-17-21-22-18(26-17)14-23-12-9-20(10-13-23)15-24(19(25)27-20)11-8-16-6-4-3-5-7-16/h3-7H,2,8-15H2,1H3. The SMILES string of the molecule is CCc1nnc(CN2CCC3(CC2)CN(CCc2ccccc2)C(=O)O3)o1. The Balaban J connectivity index is 1.28. The van der Waals surface area contributed by atoms with Crippen molar-refractivity contribution in [3.8, 4) is 0 Å². The molecule has 1 aromatic carbocycles. The van der Waals surface area contributed by atoms with Crippen LogP contribution in [0.25, 0.3) is 0 Å². The summed E-state index contributed by atoms with van der Waals surface area (Å²) < 4.78 is 11.4. The van der Waals surface area contributed by atoms with Crippen LogP contribution in [0.15, 0.2) is 34.7 Å². The van der Waals surface area contributed by atoms with E-state index in [-0.39, 0.29) is 11.7 Å². The number of hydrogen-bond acceptors (Lipinski definition) is 6. The van der Waals surface area contributed by atoms with Crippen LogP contribution in [0.1, 0.15) is 37.1 Å². The third-order valence-electron chi connectivity index (χ3n) is 5.49. The van der Waals surface area contributed by atoms with Crippen LogP contribution in [0.5, 0.6) is 0 Å². The summed E-state index contributed by atoms with van der Waals surface area (Å²) in [5.41, 5.74) is 0.903. The zero-order valence-electron chi connectivity index (χ0n) is 15.8. The monoisotopic (exact) mass is 370 g/mol. The number of likely N-dealkylation sites (tertiary alicyclic amines) is 1. The van der Waals surface area contributed by atoms with Gasteiger partial charge in [0.2, 0.25) is 11.8 Å². The Hall–Kier alpha value is -2.41. The van der Waals surface area contributed by atoms with Gasteiger partial charge in [-0.25, -0.2) is 4.79 Å². The van der Waals surface area contributed by atoms with E-state index < -0.39 is 0 Å². The third kappa shape index (κ3) is 4.13. The van der Waals surface area contributed by atoms with E-state index >= 15 is 0 Å². The number of aryl methyl sites for hydroxylation is 1. The molecular weight excluding hydrogens is 344 g/mol. The van der Waals surface area contributed by atoms with E-state index in [0.29, 0.717) is 31.4 Å². The van der Waals surface area contributed by atoms with E-state index in [0.717, 1.165) is 38.8 Å². The van der Waals surface area contributed by atoms with Crippen LogP contribution >= 0.6 is 0 Å². The highest BCUT2D eigenvalue weighted by Crippen LogP contribution is 2.33. The zero-order valence-corrected chi connectivity index (χ0v) is 15.8. The quantitative estimate of drug-likeness (QED) is 0.778. The van der Waals surface area contributed by atoms with Crippen LogP contribution in [-0.4, -0.2) is 57.9 Å². The molecule has 2 aromatic rings.